The van der Waals surface area contributed by atoms with E-state index >= 15 is 0 Å². The van der Waals surface area contributed by atoms with E-state index in [1.165, 1.54) is 0 Å². The van der Waals surface area contributed by atoms with Crippen LogP contribution in [0.25, 0.3) is 0 Å². The predicted octanol–water partition coefficient (Wildman–Crippen LogP) is 2.52. The zero-order valence-electron chi connectivity index (χ0n) is 13.6. The van der Waals surface area contributed by atoms with Crippen molar-refractivity contribution < 1.29 is 14.7 Å². The van der Waals surface area contributed by atoms with Crippen molar-refractivity contribution in [2.75, 3.05) is 26.2 Å². The predicted molar refractivity (Wildman–Crippen MR) is 81.0 cm³/mol. The Balaban J connectivity index is 1.90. The smallest absolute Gasteiger partial charge is 0.320 e. The lowest BCUT2D eigenvalue weighted by Crippen LogP contribution is -2.47. The van der Waals surface area contributed by atoms with Gasteiger partial charge in [-0.3, -0.25) is 4.79 Å². The van der Waals surface area contributed by atoms with Crippen molar-refractivity contribution in [2.24, 2.45) is 23.2 Å². The quantitative estimate of drug-likeness (QED) is 0.809. The number of rotatable bonds is 1. The van der Waals surface area contributed by atoms with Crippen LogP contribution in [0.2, 0.25) is 0 Å². The number of hydrogen-bond donors (Lipinski definition) is 1. The first-order valence-electron chi connectivity index (χ1n) is 7.97. The SMILES string of the molecule is CC1CN(C(=O)N2CCC(C(C)(C)C)CC2)CC1C(=O)O. The molecule has 0 bridgehead atoms. The molecule has 0 spiro atoms. The second-order valence-corrected chi connectivity index (χ2v) is 7.74. The minimum Gasteiger partial charge on any atom is -0.481 e. The van der Waals surface area contributed by atoms with Gasteiger partial charge in [0, 0.05) is 26.2 Å². The van der Waals surface area contributed by atoms with Crippen molar-refractivity contribution >= 4 is 12.0 Å². The summed E-state index contributed by atoms with van der Waals surface area (Å²) >= 11 is 0. The van der Waals surface area contributed by atoms with Gasteiger partial charge in [-0.05, 0) is 30.1 Å². The van der Waals surface area contributed by atoms with Crippen molar-refractivity contribution in [2.45, 2.75) is 40.5 Å². The Labute approximate surface area is 127 Å². The van der Waals surface area contributed by atoms with Crippen LogP contribution in [0.3, 0.4) is 0 Å². The lowest BCUT2D eigenvalue weighted by Gasteiger charge is -2.39. The highest BCUT2D eigenvalue weighted by Gasteiger charge is 2.39. The summed E-state index contributed by atoms with van der Waals surface area (Å²) in [5, 5.41) is 9.17. The molecule has 120 valence electrons. The number of nitrogens with zero attached hydrogens (tertiary/aromatic N) is 2. The van der Waals surface area contributed by atoms with Gasteiger partial charge in [0.1, 0.15) is 0 Å². The molecule has 2 aliphatic rings. The Morgan fingerprint density at radius 2 is 1.62 bits per heavy atom. The summed E-state index contributed by atoms with van der Waals surface area (Å²) in [7, 11) is 0. The summed E-state index contributed by atoms with van der Waals surface area (Å²) in [5.74, 6) is -0.505. The third-order valence-corrected chi connectivity index (χ3v) is 5.19. The van der Waals surface area contributed by atoms with Crippen molar-refractivity contribution in [1.29, 1.82) is 0 Å². The number of likely N-dealkylation sites (tertiary alicyclic amines) is 2. The molecule has 2 amide bonds. The number of carbonyl (C=O) groups excluding carboxylic acids is 1. The van der Waals surface area contributed by atoms with E-state index < -0.39 is 11.9 Å². The molecule has 2 saturated heterocycles. The molecule has 1 N–H and O–H groups in total. The second kappa shape index (κ2) is 5.85. The molecule has 21 heavy (non-hydrogen) atoms. The van der Waals surface area contributed by atoms with Crippen LogP contribution in [0.1, 0.15) is 40.5 Å². The molecule has 0 aliphatic carbocycles. The third-order valence-electron chi connectivity index (χ3n) is 5.19. The van der Waals surface area contributed by atoms with Crippen molar-refractivity contribution in [3.8, 4) is 0 Å². The number of urea groups is 1. The average Bonchev–Trinajstić information content (AvgIpc) is 2.79. The van der Waals surface area contributed by atoms with Gasteiger partial charge in [-0.1, -0.05) is 27.7 Å². The third kappa shape index (κ3) is 3.50. The maximum atomic E-state index is 12.5. The summed E-state index contributed by atoms with van der Waals surface area (Å²) < 4.78 is 0. The van der Waals surface area contributed by atoms with Gasteiger partial charge in [0.15, 0.2) is 0 Å². The van der Waals surface area contributed by atoms with Crippen LogP contribution in [0.15, 0.2) is 0 Å². The van der Waals surface area contributed by atoms with Crippen LogP contribution < -0.4 is 0 Å². The first-order valence-corrected chi connectivity index (χ1v) is 7.97. The van der Waals surface area contributed by atoms with Gasteiger partial charge in [0.25, 0.3) is 0 Å². The summed E-state index contributed by atoms with van der Waals surface area (Å²) in [4.78, 5) is 27.3. The standard InChI is InChI=1S/C16H28N2O3/c1-11-9-18(10-13(11)14(19)20)15(21)17-7-5-12(6-8-17)16(2,3)4/h11-13H,5-10H2,1-4H3,(H,19,20). The normalized spacial score (nSPS) is 28.0. The molecular formula is C16H28N2O3. The minimum absolute atomic E-state index is 0.0259. The average molecular weight is 296 g/mol. The first kappa shape index (κ1) is 16.1. The van der Waals surface area contributed by atoms with Crippen LogP contribution in [-0.2, 0) is 4.79 Å². The van der Waals surface area contributed by atoms with Crippen LogP contribution in [-0.4, -0.2) is 53.1 Å². The first-order chi connectivity index (χ1) is 9.70. The molecule has 0 aromatic rings. The summed E-state index contributed by atoms with van der Waals surface area (Å²) in [5.41, 5.74) is 0.297. The van der Waals surface area contributed by atoms with Gasteiger partial charge >= 0.3 is 12.0 Å². The van der Waals surface area contributed by atoms with E-state index in [-0.39, 0.29) is 11.9 Å². The topological polar surface area (TPSA) is 60.9 Å². The molecule has 2 rings (SSSR count). The molecule has 5 nitrogen and oxygen atoms in total. The molecule has 2 heterocycles. The second-order valence-electron chi connectivity index (χ2n) is 7.74. The van der Waals surface area contributed by atoms with Crippen LogP contribution >= 0.6 is 0 Å². The summed E-state index contributed by atoms with van der Waals surface area (Å²) in [6.45, 7) is 11.2. The van der Waals surface area contributed by atoms with E-state index in [2.05, 4.69) is 20.8 Å². The van der Waals surface area contributed by atoms with Gasteiger partial charge in [0.2, 0.25) is 0 Å². The molecule has 0 radical (unpaired) electrons. The molecule has 2 atom stereocenters. The fraction of sp³-hybridized carbons (Fsp3) is 0.875. The van der Waals surface area contributed by atoms with Gasteiger partial charge in [-0.25, -0.2) is 4.79 Å². The molecule has 0 aromatic heterocycles. The Morgan fingerprint density at radius 3 is 2.05 bits per heavy atom. The molecule has 0 saturated carbocycles. The van der Waals surface area contributed by atoms with Crippen molar-refractivity contribution in [3.05, 3.63) is 0 Å². The fourth-order valence-electron chi connectivity index (χ4n) is 3.58. The molecule has 2 aliphatic heterocycles. The minimum atomic E-state index is -0.788. The van der Waals surface area contributed by atoms with E-state index in [0.717, 1.165) is 25.9 Å². The fourth-order valence-corrected chi connectivity index (χ4v) is 3.58. The monoisotopic (exact) mass is 296 g/mol. The Kier molecular flexibility index (Phi) is 4.49. The van der Waals surface area contributed by atoms with E-state index in [1.807, 2.05) is 11.8 Å². The van der Waals surface area contributed by atoms with Crippen LogP contribution in [0.5, 0.6) is 0 Å². The van der Waals surface area contributed by atoms with E-state index in [4.69, 9.17) is 5.11 Å². The number of hydrogen-bond acceptors (Lipinski definition) is 2. The van der Waals surface area contributed by atoms with E-state index in [0.29, 0.717) is 24.4 Å². The number of carboxylic acid groups (broad SMARTS) is 1. The van der Waals surface area contributed by atoms with Gasteiger partial charge in [0.05, 0.1) is 5.92 Å². The highest BCUT2D eigenvalue weighted by Crippen LogP contribution is 2.35. The van der Waals surface area contributed by atoms with Crippen molar-refractivity contribution in [3.63, 3.8) is 0 Å². The summed E-state index contributed by atoms with van der Waals surface area (Å²) in [6, 6.07) is 0.0259. The van der Waals surface area contributed by atoms with E-state index in [9.17, 15) is 9.59 Å². The Hall–Kier alpha value is -1.26. The lowest BCUT2D eigenvalue weighted by molar-refractivity contribution is -0.142. The zero-order valence-corrected chi connectivity index (χ0v) is 13.6. The molecule has 2 unspecified atom stereocenters. The Bertz CT molecular complexity index is 408. The highest BCUT2D eigenvalue weighted by atomic mass is 16.4. The number of carboxylic acids is 1. The number of carbonyl (C=O) groups is 2. The molecular weight excluding hydrogens is 268 g/mol. The largest absolute Gasteiger partial charge is 0.481 e. The molecule has 2 fully saturated rings. The maximum absolute atomic E-state index is 12.5. The zero-order chi connectivity index (χ0) is 15.8. The van der Waals surface area contributed by atoms with Crippen LogP contribution in [0, 0.1) is 23.2 Å². The van der Waals surface area contributed by atoms with Crippen molar-refractivity contribution in [1.82, 2.24) is 9.80 Å². The summed E-state index contributed by atoms with van der Waals surface area (Å²) in [6.07, 6.45) is 2.09. The molecule has 0 aromatic carbocycles. The maximum Gasteiger partial charge on any atom is 0.320 e. The molecule has 5 heteroatoms. The van der Waals surface area contributed by atoms with Gasteiger partial charge < -0.3 is 14.9 Å². The number of amides is 2. The number of piperidine rings is 1. The van der Waals surface area contributed by atoms with E-state index in [1.54, 1.807) is 4.90 Å². The van der Waals surface area contributed by atoms with Crippen LogP contribution in [0.4, 0.5) is 4.79 Å². The number of aliphatic carboxylic acids is 1. The highest BCUT2D eigenvalue weighted by molar-refractivity contribution is 5.77. The van der Waals surface area contributed by atoms with Gasteiger partial charge in [-0.15, -0.1) is 0 Å². The van der Waals surface area contributed by atoms with Gasteiger partial charge in [-0.2, -0.15) is 0 Å². The Morgan fingerprint density at radius 1 is 1.05 bits per heavy atom. The lowest BCUT2D eigenvalue weighted by atomic mass is 9.75.